The van der Waals surface area contributed by atoms with Gasteiger partial charge in [0.2, 0.25) is 11.8 Å². The van der Waals surface area contributed by atoms with E-state index in [4.69, 9.17) is 0 Å². The van der Waals surface area contributed by atoms with Crippen LogP contribution in [0.15, 0.2) is 0 Å². The average molecular weight is 252 g/mol. The molecular weight excluding hydrogens is 228 g/mol. The van der Waals surface area contributed by atoms with Gasteiger partial charge in [0.15, 0.2) is 0 Å². The lowest BCUT2D eigenvalue weighted by molar-refractivity contribution is -0.156. The molecule has 0 spiro atoms. The largest absolute Gasteiger partial charge is 0.342 e. The Morgan fingerprint density at radius 1 is 1.33 bits per heavy atom. The number of hydrogen-bond donors (Lipinski definition) is 1. The molecule has 4 nitrogen and oxygen atoms in total. The van der Waals surface area contributed by atoms with Crippen LogP contribution in [0.2, 0.25) is 0 Å². The molecule has 0 aromatic heterocycles. The Kier molecular flexibility index (Phi) is 3.93. The minimum absolute atomic E-state index is 0.0370. The predicted molar refractivity (Wildman–Crippen MR) is 69.9 cm³/mol. The maximum Gasteiger partial charge on any atom is 0.246 e. The van der Waals surface area contributed by atoms with Crippen molar-refractivity contribution in [1.29, 1.82) is 0 Å². The molecule has 2 unspecified atom stereocenters. The number of nitrogens with zero attached hydrogens (tertiary/aromatic N) is 1. The van der Waals surface area contributed by atoms with E-state index in [0.29, 0.717) is 6.04 Å². The van der Waals surface area contributed by atoms with Crippen molar-refractivity contribution in [2.24, 2.45) is 5.92 Å². The van der Waals surface area contributed by atoms with E-state index >= 15 is 0 Å². The fourth-order valence-corrected chi connectivity index (χ4v) is 2.94. The Labute approximate surface area is 109 Å². The summed E-state index contributed by atoms with van der Waals surface area (Å²) in [7, 11) is 0. The average Bonchev–Trinajstić information content (AvgIpc) is 2.22. The maximum atomic E-state index is 12.5. The zero-order valence-corrected chi connectivity index (χ0v) is 11.6. The van der Waals surface area contributed by atoms with Gasteiger partial charge >= 0.3 is 0 Å². The van der Waals surface area contributed by atoms with E-state index in [1.807, 2.05) is 25.7 Å². The Bertz CT molecular complexity index is 337. The molecule has 4 heteroatoms. The summed E-state index contributed by atoms with van der Waals surface area (Å²) >= 11 is 0. The van der Waals surface area contributed by atoms with Crippen LogP contribution in [0.4, 0.5) is 0 Å². The van der Waals surface area contributed by atoms with E-state index in [1.165, 1.54) is 6.42 Å². The second-order valence-electron chi connectivity index (χ2n) is 5.87. The molecule has 2 aliphatic rings. The van der Waals surface area contributed by atoms with Crippen molar-refractivity contribution >= 4 is 11.8 Å². The van der Waals surface area contributed by atoms with Crippen LogP contribution >= 0.6 is 0 Å². The van der Waals surface area contributed by atoms with Gasteiger partial charge in [0, 0.05) is 6.04 Å². The highest BCUT2D eigenvalue weighted by Gasteiger charge is 2.45. The van der Waals surface area contributed by atoms with Crippen molar-refractivity contribution in [3.63, 3.8) is 0 Å². The van der Waals surface area contributed by atoms with E-state index in [9.17, 15) is 9.59 Å². The van der Waals surface area contributed by atoms with E-state index in [2.05, 4.69) is 5.32 Å². The highest BCUT2D eigenvalue weighted by atomic mass is 16.2. The number of nitrogens with one attached hydrogen (secondary N) is 1. The third kappa shape index (κ3) is 2.25. The van der Waals surface area contributed by atoms with Crippen LogP contribution in [0.1, 0.15) is 52.9 Å². The Balaban J connectivity index is 2.21. The highest BCUT2D eigenvalue weighted by molar-refractivity contribution is 5.97. The van der Waals surface area contributed by atoms with E-state index in [-0.39, 0.29) is 29.8 Å². The van der Waals surface area contributed by atoms with Crippen molar-refractivity contribution in [3.8, 4) is 0 Å². The minimum atomic E-state index is -0.293. The molecule has 0 aromatic rings. The summed E-state index contributed by atoms with van der Waals surface area (Å²) < 4.78 is 0. The molecule has 1 saturated carbocycles. The molecule has 0 radical (unpaired) electrons. The third-order valence-corrected chi connectivity index (χ3v) is 4.11. The van der Waals surface area contributed by atoms with Gasteiger partial charge in [0.25, 0.3) is 0 Å². The normalized spacial score (nSPS) is 29.4. The lowest BCUT2D eigenvalue weighted by atomic mass is 9.85. The number of amides is 2. The molecule has 2 amide bonds. The molecule has 1 saturated heterocycles. The standard InChI is InChI=1S/C14H24N2O2/c1-4-6-11-14(18)16(10-7-5-8-10)12(9(2)3)13(17)15-11/h9-12H,4-8H2,1-3H3,(H,15,17). The van der Waals surface area contributed by atoms with Gasteiger partial charge in [-0.05, 0) is 31.6 Å². The van der Waals surface area contributed by atoms with Crippen molar-refractivity contribution in [2.45, 2.75) is 71.0 Å². The van der Waals surface area contributed by atoms with Gasteiger partial charge in [-0.3, -0.25) is 9.59 Å². The fourth-order valence-electron chi connectivity index (χ4n) is 2.94. The van der Waals surface area contributed by atoms with Crippen molar-refractivity contribution < 1.29 is 9.59 Å². The molecule has 2 fully saturated rings. The second-order valence-corrected chi connectivity index (χ2v) is 5.87. The van der Waals surface area contributed by atoms with E-state index < -0.39 is 0 Å². The van der Waals surface area contributed by atoms with Crippen LogP contribution in [0.5, 0.6) is 0 Å². The SMILES string of the molecule is CCCC1NC(=O)C(C(C)C)N(C2CCC2)C1=O. The number of carbonyl (C=O) groups excluding carboxylic acids is 2. The monoisotopic (exact) mass is 252 g/mol. The Morgan fingerprint density at radius 2 is 2.00 bits per heavy atom. The summed E-state index contributed by atoms with van der Waals surface area (Å²) in [6.45, 7) is 6.08. The lowest BCUT2D eigenvalue weighted by Crippen LogP contribution is -2.67. The summed E-state index contributed by atoms with van der Waals surface area (Å²) in [6.07, 6.45) is 4.96. The zero-order chi connectivity index (χ0) is 13.3. The molecule has 1 aliphatic heterocycles. The van der Waals surface area contributed by atoms with Crippen LogP contribution in [0.25, 0.3) is 0 Å². The van der Waals surface area contributed by atoms with Gasteiger partial charge in [-0.15, -0.1) is 0 Å². The number of piperazine rings is 1. The summed E-state index contributed by atoms with van der Waals surface area (Å²) in [5, 5.41) is 2.90. The van der Waals surface area contributed by atoms with Gasteiger partial charge in [0.05, 0.1) is 0 Å². The molecule has 102 valence electrons. The molecule has 2 rings (SSSR count). The van der Waals surface area contributed by atoms with Crippen LogP contribution in [0, 0.1) is 5.92 Å². The summed E-state index contributed by atoms with van der Waals surface area (Å²) in [5.41, 5.74) is 0. The second kappa shape index (κ2) is 5.29. The molecular formula is C14H24N2O2. The molecule has 1 N–H and O–H groups in total. The predicted octanol–water partition coefficient (Wildman–Crippen LogP) is 1.69. The maximum absolute atomic E-state index is 12.5. The topological polar surface area (TPSA) is 49.4 Å². The molecule has 0 aromatic carbocycles. The molecule has 1 aliphatic carbocycles. The van der Waals surface area contributed by atoms with Crippen LogP contribution in [0.3, 0.4) is 0 Å². The summed E-state index contributed by atoms with van der Waals surface area (Å²) in [5.74, 6) is 0.354. The third-order valence-electron chi connectivity index (χ3n) is 4.11. The Morgan fingerprint density at radius 3 is 2.44 bits per heavy atom. The smallest absolute Gasteiger partial charge is 0.246 e. The van der Waals surface area contributed by atoms with Gasteiger partial charge in [-0.1, -0.05) is 27.2 Å². The molecule has 2 atom stereocenters. The number of carbonyl (C=O) groups is 2. The number of hydrogen-bond acceptors (Lipinski definition) is 2. The van der Waals surface area contributed by atoms with Crippen LogP contribution in [-0.4, -0.2) is 34.8 Å². The van der Waals surface area contributed by atoms with Crippen LogP contribution < -0.4 is 5.32 Å². The van der Waals surface area contributed by atoms with Crippen LogP contribution in [-0.2, 0) is 9.59 Å². The first-order valence-corrected chi connectivity index (χ1v) is 7.18. The first-order chi connectivity index (χ1) is 8.56. The highest BCUT2D eigenvalue weighted by Crippen LogP contribution is 2.31. The molecule has 18 heavy (non-hydrogen) atoms. The zero-order valence-electron chi connectivity index (χ0n) is 11.6. The summed E-state index contributed by atoms with van der Waals surface area (Å²) in [4.78, 5) is 26.6. The fraction of sp³-hybridized carbons (Fsp3) is 0.857. The van der Waals surface area contributed by atoms with Crippen molar-refractivity contribution in [3.05, 3.63) is 0 Å². The summed E-state index contributed by atoms with van der Waals surface area (Å²) in [6, 6.07) is -0.260. The quantitative estimate of drug-likeness (QED) is 0.827. The van der Waals surface area contributed by atoms with Gasteiger partial charge in [-0.2, -0.15) is 0 Å². The van der Waals surface area contributed by atoms with E-state index in [1.54, 1.807) is 0 Å². The molecule has 1 heterocycles. The van der Waals surface area contributed by atoms with Crippen molar-refractivity contribution in [1.82, 2.24) is 10.2 Å². The first-order valence-electron chi connectivity index (χ1n) is 7.18. The van der Waals surface area contributed by atoms with Crippen molar-refractivity contribution in [2.75, 3.05) is 0 Å². The molecule has 0 bridgehead atoms. The van der Waals surface area contributed by atoms with Gasteiger partial charge in [-0.25, -0.2) is 0 Å². The first kappa shape index (κ1) is 13.4. The van der Waals surface area contributed by atoms with Gasteiger partial charge in [0.1, 0.15) is 12.1 Å². The minimum Gasteiger partial charge on any atom is -0.342 e. The van der Waals surface area contributed by atoms with Gasteiger partial charge < -0.3 is 10.2 Å². The Hall–Kier alpha value is -1.06. The van der Waals surface area contributed by atoms with E-state index in [0.717, 1.165) is 25.7 Å². The lowest BCUT2D eigenvalue weighted by Gasteiger charge is -2.48. The number of rotatable bonds is 4.